The number of piperidine rings is 1. The van der Waals surface area contributed by atoms with E-state index in [0.717, 1.165) is 54.2 Å². The third-order valence-corrected chi connectivity index (χ3v) is 5.69. The maximum absolute atomic E-state index is 12.4. The number of anilines is 2. The minimum atomic E-state index is -0.217. The lowest BCUT2D eigenvalue weighted by Crippen LogP contribution is -2.36. The monoisotopic (exact) mass is 432 g/mol. The number of aliphatic hydroxyl groups is 1. The molecule has 0 radical (unpaired) electrons. The Morgan fingerprint density at radius 1 is 1.06 bits per heavy atom. The predicted octanol–water partition coefficient (Wildman–Crippen LogP) is 3.68. The highest BCUT2D eigenvalue weighted by Crippen LogP contribution is 2.26. The van der Waals surface area contributed by atoms with E-state index in [0.29, 0.717) is 18.7 Å². The Labute approximate surface area is 188 Å². The summed E-state index contributed by atoms with van der Waals surface area (Å²) in [5, 5.41) is 12.6. The lowest BCUT2D eigenvalue weighted by molar-refractivity contribution is -0.116. The molecule has 32 heavy (non-hydrogen) atoms. The first-order valence-electron chi connectivity index (χ1n) is 10.9. The van der Waals surface area contributed by atoms with Crippen molar-refractivity contribution in [1.29, 1.82) is 0 Å². The minimum absolute atomic E-state index is 0.0761. The van der Waals surface area contributed by atoms with Gasteiger partial charge in [-0.25, -0.2) is 9.97 Å². The molecule has 1 saturated heterocycles. The Morgan fingerprint density at radius 2 is 1.75 bits per heavy atom. The second kappa shape index (κ2) is 10.2. The average molecular weight is 433 g/mol. The van der Waals surface area contributed by atoms with Crippen LogP contribution in [0.25, 0.3) is 11.1 Å². The van der Waals surface area contributed by atoms with Gasteiger partial charge in [0.05, 0.1) is 13.2 Å². The number of rotatable bonds is 7. The largest absolute Gasteiger partial charge is 0.497 e. The van der Waals surface area contributed by atoms with Gasteiger partial charge in [0.25, 0.3) is 0 Å². The molecule has 0 bridgehead atoms. The summed E-state index contributed by atoms with van der Waals surface area (Å²) in [6.07, 6.45) is 5.81. The van der Waals surface area contributed by atoms with Crippen molar-refractivity contribution < 1.29 is 14.6 Å². The van der Waals surface area contributed by atoms with Crippen molar-refractivity contribution in [1.82, 2.24) is 9.97 Å². The first kappa shape index (κ1) is 21.8. The van der Waals surface area contributed by atoms with Crippen LogP contribution in [0.15, 0.2) is 60.9 Å². The van der Waals surface area contributed by atoms with E-state index in [1.165, 1.54) is 0 Å². The first-order valence-corrected chi connectivity index (χ1v) is 10.9. The maximum Gasteiger partial charge on any atom is 0.225 e. The molecular formula is C25H28N4O3. The highest BCUT2D eigenvalue weighted by atomic mass is 16.5. The number of carbonyl (C=O) groups excluding carboxylic acids is 1. The lowest BCUT2D eigenvalue weighted by atomic mass is 10.1. The fraction of sp³-hybridized carbons (Fsp3) is 0.320. The number of ether oxygens (including phenoxy) is 1. The number of benzene rings is 1. The molecule has 1 amide bonds. The minimum Gasteiger partial charge on any atom is -0.497 e. The Morgan fingerprint density at radius 3 is 2.47 bits per heavy atom. The van der Waals surface area contributed by atoms with Gasteiger partial charge in [0.2, 0.25) is 5.91 Å². The van der Waals surface area contributed by atoms with E-state index in [4.69, 9.17) is 4.74 Å². The Kier molecular flexibility index (Phi) is 6.97. The van der Waals surface area contributed by atoms with E-state index >= 15 is 0 Å². The SMILES string of the molecule is COc1ccc(CCC(=O)Nc2cc(-c3ccnc(N4CCC(O)CC4)c3)ccn2)cc1. The van der Waals surface area contributed by atoms with Crippen LogP contribution in [0.3, 0.4) is 0 Å². The highest BCUT2D eigenvalue weighted by Gasteiger charge is 2.18. The molecular weight excluding hydrogens is 404 g/mol. The Hall–Kier alpha value is -3.45. The zero-order valence-corrected chi connectivity index (χ0v) is 18.2. The molecule has 0 atom stereocenters. The normalized spacial score (nSPS) is 14.2. The van der Waals surface area contributed by atoms with Gasteiger partial charge < -0.3 is 20.1 Å². The van der Waals surface area contributed by atoms with Gasteiger partial charge in [-0.1, -0.05) is 12.1 Å². The van der Waals surface area contributed by atoms with Crippen LogP contribution < -0.4 is 15.0 Å². The maximum atomic E-state index is 12.4. The smallest absolute Gasteiger partial charge is 0.225 e. The van der Waals surface area contributed by atoms with E-state index < -0.39 is 0 Å². The quantitative estimate of drug-likeness (QED) is 0.592. The molecule has 0 saturated carbocycles. The van der Waals surface area contributed by atoms with Gasteiger partial charge in [0.15, 0.2) is 0 Å². The summed E-state index contributed by atoms with van der Waals surface area (Å²) in [5.41, 5.74) is 3.06. The van der Waals surface area contributed by atoms with Crippen molar-refractivity contribution in [3.8, 4) is 16.9 Å². The van der Waals surface area contributed by atoms with Gasteiger partial charge in [0, 0.05) is 31.9 Å². The van der Waals surface area contributed by atoms with Gasteiger partial charge in [-0.05, 0) is 72.4 Å². The zero-order valence-electron chi connectivity index (χ0n) is 18.2. The van der Waals surface area contributed by atoms with E-state index in [1.54, 1.807) is 19.5 Å². The Balaban J connectivity index is 1.38. The number of aryl methyl sites for hydroxylation is 1. The number of aromatic nitrogens is 2. The van der Waals surface area contributed by atoms with Crippen molar-refractivity contribution in [3.05, 3.63) is 66.5 Å². The molecule has 7 heteroatoms. The first-order chi connectivity index (χ1) is 15.6. The van der Waals surface area contributed by atoms with Crippen molar-refractivity contribution >= 4 is 17.5 Å². The lowest BCUT2D eigenvalue weighted by Gasteiger charge is -2.30. The number of amides is 1. The molecule has 4 rings (SSSR count). The molecule has 3 aromatic rings. The van der Waals surface area contributed by atoms with Crippen LogP contribution in [0.2, 0.25) is 0 Å². The molecule has 2 N–H and O–H groups in total. The van der Waals surface area contributed by atoms with Gasteiger partial charge in [-0.15, -0.1) is 0 Å². The molecule has 166 valence electrons. The summed E-state index contributed by atoms with van der Waals surface area (Å²) in [6, 6.07) is 15.5. The number of nitrogens with zero attached hydrogens (tertiary/aromatic N) is 3. The summed E-state index contributed by atoms with van der Waals surface area (Å²) >= 11 is 0. The Bertz CT molecular complexity index is 1050. The number of methoxy groups -OCH3 is 1. The molecule has 0 spiro atoms. The summed E-state index contributed by atoms with van der Waals surface area (Å²) < 4.78 is 5.16. The fourth-order valence-corrected chi connectivity index (χ4v) is 3.80. The van der Waals surface area contributed by atoms with Crippen molar-refractivity contribution in [2.45, 2.75) is 31.8 Å². The number of pyridine rings is 2. The number of carbonyl (C=O) groups is 1. The summed E-state index contributed by atoms with van der Waals surface area (Å²) in [4.78, 5) is 23.4. The number of hydrogen-bond donors (Lipinski definition) is 2. The van der Waals surface area contributed by atoms with Crippen LogP contribution in [-0.2, 0) is 11.2 Å². The standard InChI is InChI=1S/C25H28N4O3/c1-32-22-5-2-18(3-6-22)4-7-25(31)28-23-16-19(8-12-26-23)20-9-13-27-24(17-20)29-14-10-21(30)11-15-29/h2-3,5-6,8-9,12-13,16-17,21,30H,4,7,10-11,14-15H2,1H3,(H,26,28,31). The zero-order chi connectivity index (χ0) is 22.3. The molecule has 3 heterocycles. The van der Waals surface area contributed by atoms with Crippen LogP contribution in [-0.4, -0.2) is 47.3 Å². The summed E-state index contributed by atoms with van der Waals surface area (Å²) in [7, 11) is 1.63. The van der Waals surface area contributed by atoms with Gasteiger partial charge in [-0.2, -0.15) is 0 Å². The third kappa shape index (κ3) is 5.62. The molecule has 0 unspecified atom stereocenters. The van der Waals surface area contributed by atoms with E-state index in [1.807, 2.05) is 48.5 Å². The van der Waals surface area contributed by atoms with Gasteiger partial charge >= 0.3 is 0 Å². The van der Waals surface area contributed by atoms with Crippen LogP contribution >= 0.6 is 0 Å². The van der Waals surface area contributed by atoms with E-state index in [-0.39, 0.29) is 12.0 Å². The molecule has 1 aliphatic heterocycles. The third-order valence-electron chi connectivity index (χ3n) is 5.69. The molecule has 7 nitrogen and oxygen atoms in total. The average Bonchev–Trinajstić information content (AvgIpc) is 2.84. The van der Waals surface area contributed by atoms with E-state index in [9.17, 15) is 9.90 Å². The second-order valence-corrected chi connectivity index (χ2v) is 7.95. The van der Waals surface area contributed by atoms with Crippen molar-refractivity contribution in [2.24, 2.45) is 0 Å². The van der Waals surface area contributed by atoms with Crippen molar-refractivity contribution in [3.63, 3.8) is 0 Å². The highest BCUT2D eigenvalue weighted by molar-refractivity contribution is 5.90. The van der Waals surface area contributed by atoms with Gasteiger partial charge in [0.1, 0.15) is 17.4 Å². The van der Waals surface area contributed by atoms with Gasteiger partial charge in [-0.3, -0.25) is 4.79 Å². The van der Waals surface area contributed by atoms with E-state index in [2.05, 4.69) is 20.2 Å². The second-order valence-electron chi connectivity index (χ2n) is 7.95. The predicted molar refractivity (Wildman–Crippen MR) is 125 cm³/mol. The number of hydrogen-bond acceptors (Lipinski definition) is 6. The van der Waals surface area contributed by atoms with Crippen LogP contribution in [0.5, 0.6) is 5.75 Å². The molecule has 0 aliphatic carbocycles. The summed E-state index contributed by atoms with van der Waals surface area (Å²) in [6.45, 7) is 1.59. The van der Waals surface area contributed by atoms with Crippen LogP contribution in [0, 0.1) is 0 Å². The number of nitrogens with one attached hydrogen (secondary N) is 1. The summed E-state index contributed by atoms with van der Waals surface area (Å²) in [5.74, 6) is 2.15. The van der Waals surface area contributed by atoms with Crippen LogP contribution in [0.1, 0.15) is 24.8 Å². The molecule has 1 fully saturated rings. The fourth-order valence-electron chi connectivity index (χ4n) is 3.80. The number of aliphatic hydroxyl groups excluding tert-OH is 1. The molecule has 2 aromatic heterocycles. The van der Waals surface area contributed by atoms with Crippen molar-refractivity contribution in [2.75, 3.05) is 30.4 Å². The van der Waals surface area contributed by atoms with Crippen LogP contribution in [0.4, 0.5) is 11.6 Å². The molecule has 1 aromatic carbocycles. The molecule has 1 aliphatic rings. The topological polar surface area (TPSA) is 87.6 Å².